The van der Waals surface area contributed by atoms with Gasteiger partial charge < -0.3 is 46.4 Å². The molecule has 2 aliphatic heterocycles. The first kappa shape index (κ1) is 45.5. The van der Waals surface area contributed by atoms with Crippen molar-refractivity contribution in [3.8, 4) is 11.5 Å². The van der Waals surface area contributed by atoms with E-state index in [0.717, 1.165) is 11.1 Å². The summed E-state index contributed by atoms with van der Waals surface area (Å²) in [7, 11) is 0. The molecule has 264 valence electrons. The number of benzene rings is 1. The summed E-state index contributed by atoms with van der Waals surface area (Å²) in [5, 5.41) is 0. The second kappa shape index (κ2) is 20.6. The minimum Gasteiger partial charge on any atom is -0.461 e. The molecule has 2 aliphatic rings. The van der Waals surface area contributed by atoms with Gasteiger partial charge in [0.25, 0.3) is 5.56 Å². The second-order valence-electron chi connectivity index (χ2n) is 9.20. The zero-order valence-electron chi connectivity index (χ0n) is 25.0. The Kier molecular flexibility index (Phi) is 19.9. The number of carbonyl (C=O) groups excluding carboxylic acids is 4. The molecule has 22 heteroatoms. The van der Waals surface area contributed by atoms with Crippen LogP contribution in [0.25, 0.3) is 22.6 Å². The second-order valence-corrected chi connectivity index (χ2v) is 9.20. The zero-order chi connectivity index (χ0) is 31.8. The van der Waals surface area contributed by atoms with Gasteiger partial charge in [0.2, 0.25) is 0 Å². The van der Waals surface area contributed by atoms with Crippen molar-refractivity contribution >= 4 is 84.5 Å². The number of aromatic amines is 1. The van der Waals surface area contributed by atoms with Crippen molar-refractivity contribution in [1.29, 1.82) is 0 Å². The summed E-state index contributed by atoms with van der Waals surface area (Å²) in [6.07, 6.45) is -4.87. The van der Waals surface area contributed by atoms with Crippen LogP contribution in [0.15, 0.2) is 21.7 Å². The van der Waals surface area contributed by atoms with Crippen LogP contribution in [0.4, 0.5) is 0 Å². The number of nitrogens with two attached hydrogens (primary N) is 4. The van der Waals surface area contributed by atoms with E-state index in [9.17, 15) is 28.8 Å². The van der Waals surface area contributed by atoms with Crippen LogP contribution in [0.5, 0.6) is 0 Å². The quantitative estimate of drug-likeness (QED) is 0.0717. The van der Waals surface area contributed by atoms with Gasteiger partial charge in [0.15, 0.2) is 29.8 Å². The number of carbonyl (C=O) groups is 4. The number of H-pyrrole nitrogens is 1. The first-order valence-electron chi connectivity index (χ1n) is 12.9. The third-order valence-electron chi connectivity index (χ3n) is 6.23. The largest absolute Gasteiger partial charge is 0.461 e. The Hall–Kier alpha value is -3.62. The number of fused-ring (bicyclic) bond motifs is 2. The zero-order valence-corrected chi connectivity index (χ0v) is 28.3. The molecule has 47 heavy (non-hydrogen) atoms. The van der Waals surface area contributed by atoms with Crippen molar-refractivity contribution in [2.75, 3.05) is 32.8 Å². The van der Waals surface area contributed by atoms with Gasteiger partial charge in [-0.3, -0.25) is 29.0 Å². The summed E-state index contributed by atoms with van der Waals surface area (Å²) in [4.78, 5) is 84.4. The average Bonchev–Trinajstić information content (AvgIpc) is 2.98. The first-order chi connectivity index (χ1) is 20.4. The molecular formula is C25H36Cl4N8O10. The number of esters is 4. The molecule has 2 heterocycles. The van der Waals surface area contributed by atoms with E-state index in [1.807, 2.05) is 6.92 Å². The third-order valence-corrected chi connectivity index (χ3v) is 6.23. The summed E-state index contributed by atoms with van der Waals surface area (Å²) in [6, 6.07) is 3.39. The highest BCUT2D eigenvalue weighted by Crippen LogP contribution is 2.26. The number of nitrogens with one attached hydrogen (secondary N) is 1. The molecule has 0 spiro atoms. The highest BCUT2D eigenvalue weighted by atomic mass is 35.5. The molecule has 0 aromatic heterocycles. The van der Waals surface area contributed by atoms with Gasteiger partial charge in [0.05, 0.1) is 43.8 Å². The Morgan fingerprint density at radius 2 is 1.28 bits per heavy atom. The molecule has 1 aromatic carbocycles. The molecule has 0 bridgehead atoms. The fourth-order valence-electron chi connectivity index (χ4n) is 4.08. The van der Waals surface area contributed by atoms with Crippen molar-refractivity contribution < 1.29 is 38.1 Å². The minimum absolute atomic E-state index is 0. The maximum atomic E-state index is 12.7. The standard InChI is InChI=1S/C25H32N8O10.4ClH/c1-11-3-13-14(4-12(11)2)33(23-21(30-13)24(38)32-25(39)31-23)9-15(41-18(35)6-27)22(43-20(37)8-29)16(42-19(36)7-28)10-40-17(34)5-26;;;;/h3-4,15-16,22H,5-10,26-29H2,1-2H3,(H,32,38,39);4*1H. The van der Waals surface area contributed by atoms with E-state index >= 15 is 0 Å². The smallest absolute Gasteiger partial charge is 0.349 e. The normalized spacial score (nSPS) is 12.1. The van der Waals surface area contributed by atoms with Crippen molar-refractivity contribution in [2.45, 2.75) is 38.7 Å². The molecule has 0 saturated carbocycles. The SMILES string of the molecule is Cc1cc2nc3c(=O)[nH]c(=O)nc-3n(CC(OC(=O)CN)C(OC(=O)CN)C(COC(=O)CN)OC(=O)CN)c2cc1C.Cl.Cl.Cl.Cl. The predicted octanol–water partition coefficient (Wildman–Crippen LogP) is -2.00. The van der Waals surface area contributed by atoms with Gasteiger partial charge in [-0.1, -0.05) is 0 Å². The molecular weight excluding hydrogens is 714 g/mol. The molecule has 0 saturated heterocycles. The Morgan fingerprint density at radius 1 is 0.766 bits per heavy atom. The predicted molar refractivity (Wildman–Crippen MR) is 176 cm³/mol. The molecule has 0 amide bonds. The Bertz CT molecular complexity index is 1620. The summed E-state index contributed by atoms with van der Waals surface area (Å²) in [5.41, 5.74) is 21.9. The van der Waals surface area contributed by atoms with Crippen LogP contribution in [0, 0.1) is 13.8 Å². The van der Waals surface area contributed by atoms with E-state index in [-0.39, 0.29) is 61.1 Å². The van der Waals surface area contributed by atoms with Gasteiger partial charge in [-0.15, -0.1) is 49.6 Å². The molecule has 0 radical (unpaired) electrons. The van der Waals surface area contributed by atoms with Crippen molar-refractivity contribution in [3.63, 3.8) is 0 Å². The van der Waals surface area contributed by atoms with Crippen LogP contribution in [0.3, 0.4) is 0 Å². The van der Waals surface area contributed by atoms with Crippen molar-refractivity contribution in [3.05, 3.63) is 44.1 Å². The molecule has 3 rings (SSSR count). The van der Waals surface area contributed by atoms with E-state index in [0.29, 0.717) is 11.0 Å². The topological polar surface area (TPSA) is 290 Å². The lowest BCUT2D eigenvalue weighted by Crippen LogP contribution is -2.51. The highest BCUT2D eigenvalue weighted by Gasteiger charge is 2.40. The third kappa shape index (κ3) is 11.5. The van der Waals surface area contributed by atoms with Crippen LogP contribution < -0.4 is 34.2 Å². The molecule has 0 fully saturated rings. The molecule has 3 unspecified atom stereocenters. The van der Waals surface area contributed by atoms with Gasteiger partial charge in [-0.05, 0) is 37.1 Å². The number of aryl methyl sites for hydroxylation is 2. The molecule has 1 aromatic rings. The van der Waals surface area contributed by atoms with Crippen molar-refractivity contribution in [1.82, 2.24) is 19.5 Å². The Morgan fingerprint density at radius 3 is 1.83 bits per heavy atom. The lowest BCUT2D eigenvalue weighted by Gasteiger charge is -2.33. The lowest BCUT2D eigenvalue weighted by atomic mass is 10.1. The monoisotopic (exact) mass is 748 g/mol. The average molecular weight is 750 g/mol. The summed E-state index contributed by atoms with van der Waals surface area (Å²) in [6.45, 7) is 0.0507. The van der Waals surface area contributed by atoms with Crippen LogP contribution in [0.1, 0.15) is 11.1 Å². The van der Waals surface area contributed by atoms with Gasteiger partial charge >= 0.3 is 29.6 Å². The summed E-state index contributed by atoms with van der Waals surface area (Å²) >= 11 is 0. The number of aromatic nitrogens is 4. The van der Waals surface area contributed by atoms with Crippen LogP contribution in [-0.4, -0.2) is 94.5 Å². The number of nitrogens with zero attached hydrogens (tertiary/aromatic N) is 3. The van der Waals surface area contributed by atoms with Crippen molar-refractivity contribution in [2.24, 2.45) is 22.9 Å². The Labute approximate surface area is 291 Å². The molecule has 18 nitrogen and oxygen atoms in total. The fourth-order valence-corrected chi connectivity index (χ4v) is 4.08. The fraction of sp³-hybridized carbons (Fsp3) is 0.440. The minimum atomic E-state index is -1.70. The lowest BCUT2D eigenvalue weighted by molar-refractivity contribution is -0.191. The molecule has 3 atom stereocenters. The number of ether oxygens (including phenoxy) is 4. The number of hydrogen-bond acceptors (Lipinski definition) is 16. The van der Waals surface area contributed by atoms with Gasteiger partial charge in [0, 0.05) is 0 Å². The molecule has 0 aliphatic carbocycles. The molecule has 9 N–H and O–H groups in total. The van der Waals surface area contributed by atoms with Crippen LogP contribution in [-0.2, 0) is 44.7 Å². The van der Waals surface area contributed by atoms with Gasteiger partial charge in [0.1, 0.15) is 6.61 Å². The van der Waals surface area contributed by atoms with Crippen LogP contribution >= 0.6 is 49.6 Å². The number of hydrogen-bond donors (Lipinski definition) is 5. The van der Waals surface area contributed by atoms with E-state index in [2.05, 4.69) is 15.0 Å². The number of rotatable bonds is 13. The maximum Gasteiger partial charge on any atom is 0.349 e. The summed E-state index contributed by atoms with van der Waals surface area (Å²) in [5.74, 6) is -4.09. The highest BCUT2D eigenvalue weighted by molar-refractivity contribution is 5.86. The summed E-state index contributed by atoms with van der Waals surface area (Å²) < 4.78 is 22.7. The van der Waals surface area contributed by atoms with E-state index in [1.165, 1.54) is 4.57 Å². The van der Waals surface area contributed by atoms with E-state index in [4.69, 9.17) is 41.9 Å². The van der Waals surface area contributed by atoms with Gasteiger partial charge in [-0.2, -0.15) is 4.98 Å². The van der Waals surface area contributed by atoms with E-state index < -0.39 is 92.8 Å². The van der Waals surface area contributed by atoms with Gasteiger partial charge in [-0.25, -0.2) is 9.78 Å². The van der Waals surface area contributed by atoms with Crippen LogP contribution in [0.2, 0.25) is 0 Å². The first-order valence-corrected chi connectivity index (χ1v) is 12.9. The van der Waals surface area contributed by atoms with E-state index in [1.54, 1.807) is 19.1 Å². The Balaban J connectivity index is 0. The maximum absolute atomic E-state index is 12.7. The number of halogens is 4.